The summed E-state index contributed by atoms with van der Waals surface area (Å²) in [5.41, 5.74) is 3.14. The van der Waals surface area contributed by atoms with Crippen molar-refractivity contribution in [2.24, 2.45) is 0 Å². The molecule has 2 aliphatic rings. The maximum Gasteiger partial charge on any atom is 0.242 e. The molecular formula is C22H19ClN4O2. The monoisotopic (exact) mass is 406 g/mol. The largest absolute Gasteiger partial charge is 0.311 e. The molecule has 7 heteroatoms. The number of amides is 2. The van der Waals surface area contributed by atoms with Crippen LogP contribution in [0.2, 0.25) is 5.02 Å². The molecule has 1 spiro atoms. The van der Waals surface area contributed by atoms with Crippen molar-refractivity contribution in [1.29, 1.82) is 0 Å². The van der Waals surface area contributed by atoms with Crippen LogP contribution in [-0.2, 0) is 15.0 Å². The highest BCUT2D eigenvalue weighted by Crippen LogP contribution is 2.52. The first-order valence-electron chi connectivity index (χ1n) is 9.53. The lowest BCUT2D eigenvalue weighted by Crippen LogP contribution is -2.46. The summed E-state index contributed by atoms with van der Waals surface area (Å²) in [6, 6.07) is 13.2. The van der Waals surface area contributed by atoms with Crippen molar-refractivity contribution in [3.05, 3.63) is 70.4 Å². The zero-order valence-corrected chi connectivity index (χ0v) is 16.8. The van der Waals surface area contributed by atoms with E-state index in [-0.39, 0.29) is 18.2 Å². The summed E-state index contributed by atoms with van der Waals surface area (Å²) in [4.78, 5) is 28.3. The molecule has 0 saturated heterocycles. The van der Waals surface area contributed by atoms with Gasteiger partial charge in [-0.1, -0.05) is 35.4 Å². The molecule has 2 aromatic carbocycles. The van der Waals surface area contributed by atoms with Crippen LogP contribution in [0.4, 0.5) is 11.5 Å². The highest BCUT2D eigenvalue weighted by atomic mass is 35.5. The van der Waals surface area contributed by atoms with Crippen molar-refractivity contribution < 1.29 is 9.59 Å². The quantitative estimate of drug-likeness (QED) is 0.703. The number of benzene rings is 2. The molecule has 2 aliphatic heterocycles. The van der Waals surface area contributed by atoms with Crippen LogP contribution in [0, 0.1) is 6.92 Å². The fourth-order valence-electron chi connectivity index (χ4n) is 4.52. The lowest BCUT2D eigenvalue weighted by atomic mass is 9.71. The van der Waals surface area contributed by atoms with E-state index in [1.807, 2.05) is 44.2 Å². The van der Waals surface area contributed by atoms with Gasteiger partial charge >= 0.3 is 0 Å². The Hall–Kier alpha value is -3.12. The number of halogens is 1. The first-order chi connectivity index (χ1) is 14.0. The van der Waals surface area contributed by atoms with Crippen molar-refractivity contribution in [1.82, 2.24) is 9.78 Å². The Morgan fingerprint density at radius 3 is 2.76 bits per heavy atom. The van der Waals surface area contributed by atoms with Gasteiger partial charge in [0.05, 0.1) is 11.9 Å². The fraction of sp³-hybridized carbons (Fsp3) is 0.227. The molecule has 5 rings (SSSR count). The number of carbonyl (C=O) groups excluding carboxylic acids is 2. The number of nitrogens with zero attached hydrogens (tertiary/aromatic N) is 3. The first kappa shape index (κ1) is 17.9. The van der Waals surface area contributed by atoms with Crippen molar-refractivity contribution in [3.8, 4) is 5.69 Å². The van der Waals surface area contributed by atoms with E-state index in [0.717, 1.165) is 22.5 Å². The van der Waals surface area contributed by atoms with Crippen LogP contribution in [0.1, 0.15) is 30.0 Å². The van der Waals surface area contributed by atoms with Gasteiger partial charge in [0.2, 0.25) is 11.8 Å². The van der Waals surface area contributed by atoms with Crippen LogP contribution in [0.15, 0.2) is 48.7 Å². The zero-order chi connectivity index (χ0) is 20.3. The number of carbonyl (C=O) groups is 2. The summed E-state index contributed by atoms with van der Waals surface area (Å²) in [6.07, 6.45) is 1.76. The molecule has 1 aromatic heterocycles. The summed E-state index contributed by atoms with van der Waals surface area (Å²) in [7, 11) is 0. The molecule has 1 atom stereocenters. The van der Waals surface area contributed by atoms with Crippen LogP contribution in [-0.4, -0.2) is 28.1 Å². The number of hydrogen-bond acceptors (Lipinski definition) is 3. The molecule has 1 N–H and O–H groups in total. The molecule has 6 nitrogen and oxygen atoms in total. The Labute approximate surface area is 173 Å². The third-order valence-electron chi connectivity index (χ3n) is 5.79. The highest BCUT2D eigenvalue weighted by Gasteiger charge is 2.56. The molecule has 0 fully saturated rings. The Morgan fingerprint density at radius 2 is 2.00 bits per heavy atom. The van der Waals surface area contributed by atoms with Crippen molar-refractivity contribution in [3.63, 3.8) is 0 Å². The summed E-state index contributed by atoms with van der Waals surface area (Å²) >= 11 is 6.15. The van der Waals surface area contributed by atoms with E-state index in [1.165, 1.54) is 0 Å². The first-order valence-corrected chi connectivity index (χ1v) is 9.91. The van der Waals surface area contributed by atoms with Crippen LogP contribution in [0.3, 0.4) is 0 Å². The number of aromatic nitrogens is 2. The van der Waals surface area contributed by atoms with Gasteiger partial charge in [0.25, 0.3) is 0 Å². The summed E-state index contributed by atoms with van der Waals surface area (Å²) in [5, 5.41) is 8.01. The van der Waals surface area contributed by atoms with E-state index in [2.05, 4.69) is 10.4 Å². The maximum absolute atomic E-state index is 13.7. The number of rotatable bonds is 2. The van der Waals surface area contributed by atoms with Gasteiger partial charge in [0.15, 0.2) is 0 Å². The minimum atomic E-state index is -1.06. The molecule has 0 aliphatic carbocycles. The lowest BCUT2D eigenvalue weighted by Gasteiger charge is -2.32. The molecule has 29 heavy (non-hydrogen) atoms. The minimum absolute atomic E-state index is 0.0625. The number of hydrogen-bond donors (Lipinski definition) is 1. The molecule has 0 unspecified atom stereocenters. The number of fused-ring (bicyclic) bond motifs is 4. The smallest absolute Gasteiger partial charge is 0.242 e. The van der Waals surface area contributed by atoms with Crippen molar-refractivity contribution >= 4 is 34.9 Å². The average molecular weight is 407 g/mol. The number of aryl methyl sites for hydroxylation is 1. The number of nitrogens with one attached hydrogen (secondary N) is 1. The van der Waals surface area contributed by atoms with E-state index in [1.54, 1.807) is 27.9 Å². The second-order valence-corrected chi connectivity index (χ2v) is 7.94. The molecule has 3 heterocycles. The summed E-state index contributed by atoms with van der Waals surface area (Å²) in [6.45, 7) is 4.47. The van der Waals surface area contributed by atoms with Gasteiger partial charge in [-0.2, -0.15) is 5.10 Å². The van der Waals surface area contributed by atoms with Crippen molar-refractivity contribution in [2.75, 3.05) is 16.8 Å². The fourth-order valence-corrected chi connectivity index (χ4v) is 4.71. The zero-order valence-electron chi connectivity index (χ0n) is 16.1. The van der Waals surface area contributed by atoms with E-state index < -0.39 is 5.41 Å². The summed E-state index contributed by atoms with van der Waals surface area (Å²) < 4.78 is 1.64. The predicted octanol–water partition coefficient (Wildman–Crippen LogP) is 3.83. The molecule has 0 radical (unpaired) electrons. The minimum Gasteiger partial charge on any atom is -0.311 e. The Balaban J connectivity index is 1.79. The van der Waals surface area contributed by atoms with Gasteiger partial charge in [-0.25, -0.2) is 4.68 Å². The van der Waals surface area contributed by atoms with Crippen molar-refractivity contribution in [2.45, 2.75) is 25.7 Å². The van der Waals surface area contributed by atoms with E-state index in [0.29, 0.717) is 22.9 Å². The molecule has 3 aromatic rings. The number of anilines is 2. The second-order valence-electron chi connectivity index (χ2n) is 7.50. The molecule has 0 saturated carbocycles. The van der Waals surface area contributed by atoms with Crippen LogP contribution >= 0.6 is 11.6 Å². The molecule has 0 bridgehead atoms. The maximum atomic E-state index is 13.7. The third-order valence-corrected chi connectivity index (χ3v) is 6.03. The Morgan fingerprint density at radius 1 is 1.17 bits per heavy atom. The third kappa shape index (κ3) is 2.39. The second kappa shape index (κ2) is 6.19. The normalized spacial score (nSPS) is 20.0. The molecule has 146 valence electrons. The van der Waals surface area contributed by atoms with Gasteiger partial charge in [0.1, 0.15) is 11.2 Å². The standard InChI is InChI=1S/C22H19ClN4O2/c1-3-26-18-8-7-13(2)9-16(18)22(21(26)29)11-19(28)25-20-17(22)12-24-27(20)15-6-4-5-14(23)10-15/h4-10,12H,3,11H2,1-2H3,(H,25,28)/t22-/m1/s1. The van der Waals surface area contributed by atoms with Crippen LogP contribution < -0.4 is 10.2 Å². The van der Waals surface area contributed by atoms with Gasteiger partial charge < -0.3 is 10.2 Å². The predicted molar refractivity (Wildman–Crippen MR) is 112 cm³/mol. The average Bonchev–Trinajstić information content (AvgIpc) is 3.21. The van der Waals surface area contributed by atoms with Gasteiger partial charge in [-0.05, 0) is 43.7 Å². The number of likely N-dealkylation sites (N-methyl/N-ethyl adjacent to an activating group) is 1. The van der Waals surface area contributed by atoms with E-state index in [4.69, 9.17) is 11.6 Å². The molecule has 2 amide bonds. The lowest BCUT2D eigenvalue weighted by molar-refractivity contribution is -0.126. The molecular weight excluding hydrogens is 388 g/mol. The van der Waals surface area contributed by atoms with E-state index in [9.17, 15) is 9.59 Å². The van der Waals surface area contributed by atoms with Gasteiger partial charge in [-0.3, -0.25) is 9.59 Å². The van der Waals surface area contributed by atoms with Crippen LogP contribution in [0.25, 0.3) is 5.69 Å². The van der Waals surface area contributed by atoms with E-state index >= 15 is 0 Å². The SMILES string of the molecule is CCN1C(=O)[C@]2(CC(=O)Nc3c2cnn3-c2cccc(Cl)c2)c2cc(C)ccc21. The van der Waals surface area contributed by atoms with Crippen LogP contribution in [0.5, 0.6) is 0 Å². The summed E-state index contributed by atoms with van der Waals surface area (Å²) in [5.74, 6) is 0.227. The highest BCUT2D eigenvalue weighted by molar-refractivity contribution is 6.30. The Bertz CT molecular complexity index is 1190. The topological polar surface area (TPSA) is 67.2 Å². The Kier molecular flexibility index (Phi) is 3.83. The van der Waals surface area contributed by atoms with Gasteiger partial charge in [0, 0.05) is 29.2 Å². The van der Waals surface area contributed by atoms with Gasteiger partial charge in [-0.15, -0.1) is 0 Å².